The summed E-state index contributed by atoms with van der Waals surface area (Å²) in [5.41, 5.74) is 7.72. The van der Waals surface area contributed by atoms with Gasteiger partial charge in [0, 0.05) is 16.0 Å². The van der Waals surface area contributed by atoms with Crippen LogP contribution in [-0.2, 0) is 14.8 Å². The highest BCUT2D eigenvalue weighted by molar-refractivity contribution is 7.90. The molecule has 4 N–H and O–H groups in total. The van der Waals surface area contributed by atoms with E-state index in [0.29, 0.717) is 15.8 Å². The van der Waals surface area contributed by atoms with Gasteiger partial charge < -0.3 is 10.8 Å². The van der Waals surface area contributed by atoms with Crippen molar-refractivity contribution in [3.63, 3.8) is 0 Å². The first-order chi connectivity index (χ1) is 17.7. The number of aliphatic imine (C=N–C) groups is 1. The van der Waals surface area contributed by atoms with Crippen molar-refractivity contribution in [1.82, 2.24) is 9.73 Å². The second kappa shape index (κ2) is 11.3. The number of sulfonamides is 1. The van der Waals surface area contributed by atoms with Crippen LogP contribution in [0.5, 0.6) is 0 Å². The molecule has 1 aliphatic heterocycles. The highest BCUT2D eigenvalue weighted by Crippen LogP contribution is 2.30. The van der Waals surface area contributed by atoms with Crippen LogP contribution in [0, 0.1) is 0 Å². The van der Waals surface area contributed by atoms with Gasteiger partial charge in [-0.25, -0.2) is 23.1 Å². The Bertz CT molecular complexity index is 1430. The van der Waals surface area contributed by atoms with Crippen molar-refractivity contribution in [2.45, 2.75) is 16.9 Å². The number of benzene rings is 3. The van der Waals surface area contributed by atoms with E-state index in [9.17, 15) is 18.3 Å². The largest absolute Gasteiger partial charge is 0.394 e. The molecule has 2 atom stereocenters. The molecule has 4 rings (SSSR count). The number of nitrogens with zero attached hydrogens (tertiary/aromatic N) is 3. The number of rotatable bonds is 7. The summed E-state index contributed by atoms with van der Waals surface area (Å²) < 4.78 is 28.8. The average Bonchev–Trinajstić information content (AvgIpc) is 3.33. The second-order valence-electron chi connectivity index (χ2n) is 8.15. The molecule has 192 valence electrons. The van der Waals surface area contributed by atoms with Gasteiger partial charge in [-0.3, -0.25) is 4.79 Å². The number of carbonyl (C=O) groups is 1. The molecule has 0 aromatic heterocycles. The number of primary amides is 1. The van der Waals surface area contributed by atoms with Gasteiger partial charge >= 0.3 is 0 Å². The van der Waals surface area contributed by atoms with Gasteiger partial charge in [-0.2, -0.15) is 5.10 Å². The predicted octanol–water partition coefficient (Wildman–Crippen LogP) is 2.98. The summed E-state index contributed by atoms with van der Waals surface area (Å²) in [4.78, 5) is 15.9. The highest BCUT2D eigenvalue weighted by atomic mass is 35.5. The zero-order valence-electron chi connectivity index (χ0n) is 19.3. The lowest BCUT2D eigenvalue weighted by Crippen LogP contribution is -2.44. The van der Waals surface area contributed by atoms with Crippen molar-refractivity contribution < 1.29 is 18.3 Å². The Kier molecular flexibility index (Phi) is 8.13. The van der Waals surface area contributed by atoms with Gasteiger partial charge in [0.15, 0.2) is 6.04 Å². The lowest BCUT2D eigenvalue weighted by atomic mass is 9.91. The smallest absolute Gasteiger partial charge is 0.264 e. The van der Waals surface area contributed by atoms with Crippen molar-refractivity contribution >= 4 is 50.8 Å². The monoisotopic (exact) mass is 559 g/mol. The number of nitrogens with two attached hydrogens (primary N) is 1. The molecule has 9 nitrogen and oxygen atoms in total. The van der Waals surface area contributed by atoms with Crippen LogP contribution in [-0.4, -0.2) is 55.3 Å². The van der Waals surface area contributed by atoms with Crippen LogP contribution >= 0.6 is 23.2 Å². The van der Waals surface area contributed by atoms with Crippen LogP contribution in [0.2, 0.25) is 10.0 Å². The number of aliphatic hydroxyl groups is 1. The topological polar surface area (TPSA) is 137 Å². The number of amides is 1. The van der Waals surface area contributed by atoms with Crippen molar-refractivity contribution in [2.24, 2.45) is 15.8 Å². The van der Waals surface area contributed by atoms with E-state index in [4.69, 9.17) is 28.9 Å². The van der Waals surface area contributed by atoms with Gasteiger partial charge in [-0.05, 0) is 47.5 Å². The Hall–Kier alpha value is -3.44. The van der Waals surface area contributed by atoms with E-state index in [-0.39, 0.29) is 23.3 Å². The molecule has 3 aromatic carbocycles. The third-order valence-corrected chi connectivity index (χ3v) is 7.48. The number of hydrogen-bond acceptors (Lipinski definition) is 6. The fraction of sp³-hybridized carbons (Fsp3) is 0.160. The van der Waals surface area contributed by atoms with E-state index < -0.39 is 28.6 Å². The van der Waals surface area contributed by atoms with Crippen LogP contribution < -0.4 is 10.5 Å². The summed E-state index contributed by atoms with van der Waals surface area (Å²) in [6.07, 6.45) is 0. The zero-order chi connectivity index (χ0) is 26.6. The molecule has 0 fully saturated rings. The third-order valence-electron chi connectivity index (χ3n) is 5.63. The van der Waals surface area contributed by atoms with Gasteiger partial charge in [0.05, 0.1) is 23.8 Å². The van der Waals surface area contributed by atoms with Gasteiger partial charge in [0.25, 0.3) is 10.0 Å². The fourth-order valence-corrected chi connectivity index (χ4v) is 5.01. The third kappa shape index (κ3) is 6.28. The molecule has 1 heterocycles. The molecule has 0 radical (unpaired) electrons. The van der Waals surface area contributed by atoms with E-state index in [1.807, 2.05) is 42.5 Å². The number of hydrogen-bond donors (Lipinski definition) is 3. The first-order valence-electron chi connectivity index (χ1n) is 11.1. The Morgan fingerprint density at radius 2 is 1.65 bits per heavy atom. The Morgan fingerprint density at radius 1 is 1.05 bits per heavy atom. The van der Waals surface area contributed by atoms with Gasteiger partial charge in [-0.15, -0.1) is 0 Å². The van der Waals surface area contributed by atoms with Crippen LogP contribution in [0.3, 0.4) is 0 Å². The molecule has 0 bridgehead atoms. The summed E-state index contributed by atoms with van der Waals surface area (Å²) in [7, 11) is -4.16. The van der Waals surface area contributed by atoms with E-state index in [1.54, 1.807) is 12.1 Å². The van der Waals surface area contributed by atoms with Crippen LogP contribution in [0.15, 0.2) is 93.9 Å². The Balaban J connectivity index is 1.78. The van der Waals surface area contributed by atoms with Crippen LogP contribution in [0.25, 0.3) is 0 Å². The highest BCUT2D eigenvalue weighted by Gasteiger charge is 2.34. The number of halogens is 2. The molecule has 3 aromatic rings. The summed E-state index contributed by atoms with van der Waals surface area (Å²) in [5.74, 6) is -1.46. The maximum atomic E-state index is 13.2. The van der Waals surface area contributed by atoms with Crippen molar-refractivity contribution in [3.05, 3.63) is 100 Å². The van der Waals surface area contributed by atoms with E-state index in [0.717, 1.165) is 11.1 Å². The van der Waals surface area contributed by atoms with Crippen molar-refractivity contribution in [1.29, 1.82) is 0 Å². The molecular weight excluding hydrogens is 537 g/mol. The van der Waals surface area contributed by atoms with Crippen LogP contribution in [0.4, 0.5) is 0 Å². The zero-order valence-corrected chi connectivity index (χ0v) is 21.7. The minimum absolute atomic E-state index is 0.0788. The molecule has 37 heavy (non-hydrogen) atoms. The molecule has 1 amide bonds. The first-order valence-corrected chi connectivity index (χ1v) is 13.3. The minimum Gasteiger partial charge on any atom is -0.394 e. The normalized spacial score (nSPS) is 16.8. The molecule has 1 aliphatic rings. The van der Waals surface area contributed by atoms with Gasteiger partial charge in [0.1, 0.15) is 0 Å². The number of nitrogens with one attached hydrogen (secondary N) is 1. The summed E-state index contributed by atoms with van der Waals surface area (Å²) in [6.45, 7) is -0.522. The number of hydrazone groups is 1. The lowest BCUT2D eigenvalue weighted by Gasteiger charge is -2.21. The summed E-state index contributed by atoms with van der Waals surface area (Å²) in [6, 6.07) is 20.8. The maximum Gasteiger partial charge on any atom is 0.264 e. The molecular formula is C25H23Cl2N5O4S. The first kappa shape index (κ1) is 26.6. The molecule has 0 saturated carbocycles. The molecule has 0 aliphatic carbocycles. The number of guanidine groups is 1. The molecule has 1 unspecified atom stereocenters. The Morgan fingerprint density at radius 3 is 2.22 bits per heavy atom. The van der Waals surface area contributed by atoms with Gasteiger partial charge in [0.2, 0.25) is 11.9 Å². The summed E-state index contributed by atoms with van der Waals surface area (Å²) in [5, 5.41) is 16.6. The van der Waals surface area contributed by atoms with Crippen LogP contribution in [0.1, 0.15) is 17.0 Å². The minimum atomic E-state index is -4.16. The van der Waals surface area contributed by atoms with Gasteiger partial charge in [-0.1, -0.05) is 65.7 Å². The standard InChI is InChI=1S/C25H23Cl2N5O4S/c26-18-8-6-17(7-9-18)23-21(16-4-2-1-3-5-16)14-32(30-23)25(29-22(15-33)24(28)34)31-37(35,36)20-12-10-19(27)11-13-20/h1-13,21-22,33H,14-15H2,(H2,28,34)(H,29,31)/t21?,22-/m0/s1. The molecule has 12 heteroatoms. The quantitative estimate of drug-likeness (QED) is 0.302. The Labute approximate surface area is 224 Å². The summed E-state index contributed by atoms with van der Waals surface area (Å²) >= 11 is 12.0. The number of carbonyl (C=O) groups excluding carboxylic acids is 1. The fourth-order valence-electron chi connectivity index (χ4n) is 3.74. The van der Waals surface area contributed by atoms with Crippen molar-refractivity contribution in [3.8, 4) is 0 Å². The number of aliphatic hydroxyl groups excluding tert-OH is 1. The lowest BCUT2D eigenvalue weighted by molar-refractivity contribution is -0.119. The molecule has 0 spiro atoms. The maximum absolute atomic E-state index is 13.2. The predicted molar refractivity (Wildman–Crippen MR) is 143 cm³/mol. The van der Waals surface area contributed by atoms with E-state index in [2.05, 4.69) is 14.8 Å². The van der Waals surface area contributed by atoms with E-state index >= 15 is 0 Å². The second-order valence-corrected chi connectivity index (χ2v) is 10.7. The van der Waals surface area contributed by atoms with E-state index in [1.165, 1.54) is 29.3 Å². The molecule has 0 saturated heterocycles. The average molecular weight is 560 g/mol. The van der Waals surface area contributed by atoms with Crippen molar-refractivity contribution in [2.75, 3.05) is 13.2 Å². The SMILES string of the molecule is NC(=O)[C@H](CO)N=C(NS(=O)(=O)c1ccc(Cl)cc1)N1CC(c2ccccc2)C(c2ccc(Cl)cc2)=N1.